The zero-order valence-corrected chi connectivity index (χ0v) is 18.2. The Kier molecular flexibility index (Phi) is 5.87. The number of rotatable bonds is 6. The Balaban J connectivity index is 2.07. The van der Waals surface area contributed by atoms with Gasteiger partial charge >= 0.3 is 0 Å². The lowest BCUT2D eigenvalue weighted by Crippen LogP contribution is -2.36. The van der Waals surface area contributed by atoms with Gasteiger partial charge in [0.1, 0.15) is 5.52 Å². The third-order valence-electron chi connectivity index (χ3n) is 3.80. The Labute approximate surface area is 170 Å². The molecule has 0 spiro atoms. The summed E-state index contributed by atoms with van der Waals surface area (Å²) in [7, 11) is 0.423. The number of benzene rings is 1. The topological polar surface area (TPSA) is 70.6 Å². The van der Waals surface area contributed by atoms with Gasteiger partial charge in [0.05, 0.1) is 18.8 Å². The maximum Gasteiger partial charge on any atom is 0.270 e. The zero-order chi connectivity index (χ0) is 19.8. The fraction of sp³-hybridized carbons (Fsp3) is 0.294. The van der Waals surface area contributed by atoms with E-state index in [9.17, 15) is 13.2 Å². The van der Waals surface area contributed by atoms with Crippen molar-refractivity contribution >= 4 is 65.4 Å². The number of carbonyl (C=O) groups excluding carboxylic acids is 1. The molecule has 0 unspecified atom stereocenters. The van der Waals surface area contributed by atoms with Gasteiger partial charge < -0.3 is 4.90 Å². The maximum absolute atomic E-state index is 13.0. The standard InChI is InChI=1S/C17H18ClN3O3S3/c1-20(2)9-10-21(16(22)12-7-8-14(18)25-12)17-19-15-11(26-17)5-4-6-13(15)27(3,23)24/h4-8H,9-10H2,1-3H3. The first kappa shape index (κ1) is 20.2. The highest BCUT2D eigenvalue weighted by Crippen LogP contribution is 2.34. The van der Waals surface area contributed by atoms with E-state index in [2.05, 4.69) is 4.98 Å². The number of hydrogen-bond donors (Lipinski definition) is 0. The molecule has 2 aromatic heterocycles. The SMILES string of the molecule is CN(C)CCN(C(=O)c1ccc(Cl)s1)c1nc2c(S(C)(=O)=O)cccc2s1. The molecule has 0 radical (unpaired) electrons. The number of sulfone groups is 1. The molecule has 0 bridgehead atoms. The lowest BCUT2D eigenvalue weighted by atomic mass is 10.3. The molecule has 10 heteroatoms. The minimum Gasteiger partial charge on any atom is -0.308 e. The van der Waals surface area contributed by atoms with Crippen molar-refractivity contribution in [3.8, 4) is 0 Å². The van der Waals surface area contributed by atoms with Crippen LogP contribution in [0.2, 0.25) is 4.34 Å². The molecule has 0 fully saturated rings. The van der Waals surface area contributed by atoms with Crippen LogP contribution in [0.15, 0.2) is 35.2 Å². The number of carbonyl (C=O) groups is 1. The minimum atomic E-state index is -3.42. The van der Waals surface area contributed by atoms with Crippen LogP contribution in [0.4, 0.5) is 5.13 Å². The van der Waals surface area contributed by atoms with Crippen molar-refractivity contribution in [1.29, 1.82) is 0 Å². The number of halogens is 1. The van der Waals surface area contributed by atoms with Crippen molar-refractivity contribution in [3.63, 3.8) is 0 Å². The fourth-order valence-electron chi connectivity index (χ4n) is 2.47. The number of nitrogens with zero attached hydrogens (tertiary/aromatic N) is 3. The van der Waals surface area contributed by atoms with Crippen LogP contribution in [0.3, 0.4) is 0 Å². The van der Waals surface area contributed by atoms with Gasteiger partial charge in [-0.25, -0.2) is 13.4 Å². The first-order valence-corrected chi connectivity index (χ1v) is 11.9. The van der Waals surface area contributed by atoms with E-state index < -0.39 is 9.84 Å². The molecule has 3 rings (SSSR count). The van der Waals surface area contributed by atoms with Crippen molar-refractivity contribution in [3.05, 3.63) is 39.5 Å². The molecule has 0 aliphatic carbocycles. The van der Waals surface area contributed by atoms with E-state index in [0.29, 0.717) is 33.0 Å². The zero-order valence-electron chi connectivity index (χ0n) is 15.0. The summed E-state index contributed by atoms with van der Waals surface area (Å²) in [4.78, 5) is 21.8. The number of thiophene rings is 1. The monoisotopic (exact) mass is 443 g/mol. The number of fused-ring (bicyclic) bond motifs is 1. The van der Waals surface area contributed by atoms with Crippen LogP contribution in [-0.4, -0.2) is 57.6 Å². The van der Waals surface area contributed by atoms with Crippen molar-refractivity contribution in [2.24, 2.45) is 0 Å². The fourth-order valence-corrected chi connectivity index (χ4v) is 5.38. The van der Waals surface area contributed by atoms with Crippen molar-refractivity contribution < 1.29 is 13.2 Å². The van der Waals surface area contributed by atoms with Gasteiger partial charge in [0, 0.05) is 19.3 Å². The van der Waals surface area contributed by atoms with Crippen LogP contribution >= 0.6 is 34.3 Å². The second kappa shape index (κ2) is 7.84. The molecule has 3 aromatic rings. The smallest absolute Gasteiger partial charge is 0.270 e. The Bertz CT molecular complexity index is 1090. The van der Waals surface area contributed by atoms with Crippen LogP contribution in [0.5, 0.6) is 0 Å². The van der Waals surface area contributed by atoms with E-state index in [-0.39, 0.29) is 10.8 Å². The summed E-state index contributed by atoms with van der Waals surface area (Å²) in [6, 6.07) is 8.40. The van der Waals surface area contributed by atoms with Crippen molar-refractivity contribution in [2.75, 3.05) is 38.3 Å². The van der Waals surface area contributed by atoms with E-state index in [4.69, 9.17) is 11.6 Å². The predicted molar refractivity (Wildman–Crippen MR) is 112 cm³/mol. The van der Waals surface area contributed by atoms with Gasteiger partial charge in [-0.3, -0.25) is 9.69 Å². The summed E-state index contributed by atoms with van der Waals surface area (Å²) >= 11 is 8.49. The van der Waals surface area contributed by atoms with Gasteiger partial charge in [0.2, 0.25) is 0 Å². The molecule has 0 aliphatic heterocycles. The molecule has 2 heterocycles. The number of thiazole rings is 1. The average Bonchev–Trinajstić information content (AvgIpc) is 3.19. The molecular weight excluding hydrogens is 426 g/mol. The van der Waals surface area contributed by atoms with Crippen molar-refractivity contribution in [1.82, 2.24) is 9.88 Å². The minimum absolute atomic E-state index is 0.168. The summed E-state index contributed by atoms with van der Waals surface area (Å²) < 4.78 is 25.4. The summed E-state index contributed by atoms with van der Waals surface area (Å²) in [5, 5.41) is 0.470. The first-order valence-electron chi connectivity index (χ1n) is 7.98. The molecule has 0 aliphatic rings. The number of aromatic nitrogens is 1. The normalized spacial score (nSPS) is 12.0. The van der Waals surface area contributed by atoms with E-state index >= 15 is 0 Å². The molecule has 6 nitrogen and oxygen atoms in total. The molecule has 1 amide bonds. The van der Waals surface area contributed by atoms with Gasteiger partial charge in [-0.05, 0) is 38.4 Å². The summed E-state index contributed by atoms with van der Waals surface area (Å²) in [6.45, 7) is 1.06. The molecule has 0 N–H and O–H groups in total. The highest BCUT2D eigenvalue weighted by Gasteiger charge is 2.24. The Morgan fingerprint density at radius 2 is 1.89 bits per heavy atom. The van der Waals surface area contributed by atoms with E-state index in [1.807, 2.05) is 25.1 Å². The summed E-state index contributed by atoms with van der Waals surface area (Å²) in [5.41, 5.74) is 0.395. The number of likely N-dealkylation sites (N-methyl/N-ethyl adjacent to an activating group) is 1. The third-order valence-corrected chi connectivity index (χ3v) is 7.19. The van der Waals surface area contributed by atoms with Crippen LogP contribution in [0, 0.1) is 0 Å². The highest BCUT2D eigenvalue weighted by atomic mass is 35.5. The van der Waals surface area contributed by atoms with Crippen LogP contribution in [0.25, 0.3) is 10.2 Å². The summed E-state index contributed by atoms with van der Waals surface area (Å²) in [6.07, 6.45) is 1.16. The Morgan fingerprint density at radius 1 is 1.15 bits per heavy atom. The maximum atomic E-state index is 13.0. The molecule has 27 heavy (non-hydrogen) atoms. The molecule has 0 saturated heterocycles. The third kappa shape index (κ3) is 4.49. The van der Waals surface area contributed by atoms with Gasteiger partial charge in [-0.1, -0.05) is 29.0 Å². The van der Waals surface area contributed by atoms with Gasteiger partial charge in [0.15, 0.2) is 15.0 Å². The van der Waals surface area contributed by atoms with Crippen LogP contribution in [-0.2, 0) is 9.84 Å². The van der Waals surface area contributed by atoms with E-state index in [0.717, 1.165) is 11.0 Å². The van der Waals surface area contributed by atoms with Gasteiger partial charge in [-0.2, -0.15) is 0 Å². The second-order valence-electron chi connectivity index (χ2n) is 6.24. The predicted octanol–water partition coefficient (Wildman–Crippen LogP) is 3.62. The molecule has 0 saturated carbocycles. The Morgan fingerprint density at radius 3 is 2.48 bits per heavy atom. The quantitative estimate of drug-likeness (QED) is 0.581. The lowest BCUT2D eigenvalue weighted by Gasteiger charge is -2.21. The van der Waals surface area contributed by atoms with Gasteiger partial charge in [0.25, 0.3) is 5.91 Å². The van der Waals surface area contributed by atoms with Crippen LogP contribution in [0.1, 0.15) is 9.67 Å². The van der Waals surface area contributed by atoms with Crippen molar-refractivity contribution in [2.45, 2.75) is 4.90 Å². The van der Waals surface area contributed by atoms with Crippen LogP contribution < -0.4 is 4.90 Å². The number of para-hydroxylation sites is 1. The Hall–Kier alpha value is -1.52. The largest absolute Gasteiger partial charge is 0.308 e. The lowest BCUT2D eigenvalue weighted by molar-refractivity contribution is 0.0989. The first-order chi connectivity index (χ1) is 12.7. The molecule has 1 aromatic carbocycles. The number of hydrogen-bond acceptors (Lipinski definition) is 7. The van der Waals surface area contributed by atoms with E-state index in [1.54, 1.807) is 23.1 Å². The van der Waals surface area contributed by atoms with E-state index in [1.165, 1.54) is 28.7 Å². The highest BCUT2D eigenvalue weighted by molar-refractivity contribution is 7.91. The molecule has 0 atom stereocenters. The summed E-state index contributed by atoms with van der Waals surface area (Å²) in [5.74, 6) is -0.200. The number of anilines is 1. The number of amides is 1. The molecular formula is C17H18ClN3O3S3. The van der Waals surface area contributed by atoms with Gasteiger partial charge in [-0.15, -0.1) is 11.3 Å². The second-order valence-corrected chi connectivity index (χ2v) is 10.9. The average molecular weight is 444 g/mol. The molecule has 144 valence electrons.